The predicted molar refractivity (Wildman–Crippen MR) is 152 cm³/mol. The van der Waals surface area contributed by atoms with Crippen LogP contribution in [0.5, 0.6) is 0 Å². The molecule has 0 fully saturated rings. The largest absolute Gasteiger partial charge is 0.310 e. The van der Waals surface area contributed by atoms with Crippen LogP contribution in [0.1, 0.15) is 5.56 Å². The molecule has 6 rings (SSSR count). The van der Waals surface area contributed by atoms with E-state index in [-0.39, 0.29) is 0 Å². The Kier molecular flexibility index (Phi) is 5.16. The van der Waals surface area contributed by atoms with Crippen molar-refractivity contribution in [1.82, 2.24) is 0 Å². The number of nitriles is 1. The number of rotatable bonds is 4. The summed E-state index contributed by atoms with van der Waals surface area (Å²) in [7, 11) is 0. The lowest BCUT2D eigenvalue weighted by atomic mass is 9.93. The summed E-state index contributed by atoms with van der Waals surface area (Å²) in [6.45, 7) is 0. The van der Waals surface area contributed by atoms with E-state index in [1.165, 1.54) is 32.3 Å². The summed E-state index contributed by atoms with van der Waals surface area (Å²) in [5.74, 6) is 0. The third-order valence-corrected chi connectivity index (χ3v) is 6.87. The summed E-state index contributed by atoms with van der Waals surface area (Å²) in [6, 6.07) is 40.9. The first-order valence-corrected chi connectivity index (χ1v) is 12.2. The monoisotopic (exact) mass is 546 g/mol. The molecule has 0 amide bonds. The highest BCUT2D eigenvalue weighted by Crippen LogP contribution is 2.43. The number of benzene rings is 6. The van der Waals surface area contributed by atoms with Gasteiger partial charge in [0.2, 0.25) is 0 Å². The molecule has 0 N–H and O–H groups in total. The van der Waals surface area contributed by atoms with Crippen LogP contribution in [0.2, 0.25) is 0 Å². The van der Waals surface area contributed by atoms with Gasteiger partial charge in [0.05, 0.1) is 9.27 Å². The van der Waals surface area contributed by atoms with Crippen molar-refractivity contribution in [2.24, 2.45) is 0 Å². The fraction of sp³-hybridized carbons (Fsp3) is 0. The molecule has 0 heterocycles. The number of allylic oxidation sites excluding steroid dienone is 1. The molecule has 6 aromatic carbocycles. The average Bonchev–Trinajstić information content (AvgIpc) is 2.89. The molecule has 0 aliphatic carbocycles. The first-order valence-electron chi connectivity index (χ1n) is 11.1. The normalized spacial score (nSPS) is 11.8. The maximum Gasteiger partial charge on any atom is 0.106 e. The van der Waals surface area contributed by atoms with Crippen molar-refractivity contribution in [3.63, 3.8) is 0 Å². The molecule has 0 aliphatic rings. The molecule has 34 heavy (non-hydrogen) atoms. The minimum Gasteiger partial charge on any atom is -0.310 e. The van der Waals surface area contributed by atoms with Crippen LogP contribution in [0.4, 0.5) is 17.1 Å². The molecule has 0 atom stereocenters. The predicted octanol–water partition coefficient (Wildman–Crippen LogP) is 9.35. The molecule has 0 unspecified atom stereocenters. The van der Waals surface area contributed by atoms with Gasteiger partial charge in [-0.25, -0.2) is 0 Å². The Morgan fingerprint density at radius 2 is 1.26 bits per heavy atom. The van der Waals surface area contributed by atoms with Gasteiger partial charge in [-0.15, -0.1) is 0 Å². The zero-order valence-electron chi connectivity index (χ0n) is 18.2. The topological polar surface area (TPSA) is 27.0 Å². The number of anilines is 3. The molecule has 0 saturated heterocycles. The quantitative estimate of drug-likeness (QED) is 0.125. The Labute approximate surface area is 211 Å². The maximum absolute atomic E-state index is 9.12. The van der Waals surface area contributed by atoms with Gasteiger partial charge in [-0.2, -0.15) is 5.26 Å². The Morgan fingerprint density at radius 3 is 1.97 bits per heavy atom. The van der Waals surface area contributed by atoms with E-state index in [1.807, 2.05) is 12.1 Å². The highest BCUT2D eigenvalue weighted by atomic mass is 127. The van der Waals surface area contributed by atoms with Crippen LogP contribution in [-0.2, 0) is 0 Å². The first-order chi connectivity index (χ1) is 16.7. The first kappa shape index (κ1) is 20.7. The highest BCUT2D eigenvalue weighted by Gasteiger charge is 2.18. The molecule has 0 spiro atoms. The van der Waals surface area contributed by atoms with Crippen molar-refractivity contribution in [3.8, 4) is 6.07 Å². The Morgan fingerprint density at radius 1 is 0.647 bits per heavy atom. The zero-order chi connectivity index (χ0) is 23.1. The smallest absolute Gasteiger partial charge is 0.106 e. The van der Waals surface area contributed by atoms with Crippen LogP contribution in [0.3, 0.4) is 0 Å². The van der Waals surface area contributed by atoms with Crippen molar-refractivity contribution in [1.29, 1.82) is 5.26 Å². The molecule has 0 radical (unpaired) electrons. The molecule has 0 bridgehead atoms. The zero-order valence-corrected chi connectivity index (χ0v) is 20.4. The molecule has 0 aromatic heterocycles. The minimum absolute atomic E-state index is 0.664. The molecule has 6 aromatic rings. The van der Waals surface area contributed by atoms with E-state index in [9.17, 15) is 0 Å². The van der Waals surface area contributed by atoms with Crippen molar-refractivity contribution in [2.75, 3.05) is 4.90 Å². The van der Waals surface area contributed by atoms with Gasteiger partial charge in [0.15, 0.2) is 0 Å². The average molecular weight is 546 g/mol. The Balaban J connectivity index is 1.61. The second-order valence-electron chi connectivity index (χ2n) is 8.31. The SMILES string of the molecule is N#C/C(I)=C\c1ccc(N(c2ccccc2)c2ccc3ccc4cccc5ccc2c3c45)cc1. The lowest BCUT2D eigenvalue weighted by Crippen LogP contribution is -2.10. The van der Waals surface area contributed by atoms with E-state index in [0.717, 1.165) is 22.6 Å². The van der Waals surface area contributed by atoms with E-state index >= 15 is 0 Å². The molecule has 160 valence electrons. The number of nitrogens with zero attached hydrogens (tertiary/aromatic N) is 2. The Bertz CT molecular complexity index is 1700. The minimum atomic E-state index is 0.664. The second kappa shape index (κ2) is 8.48. The van der Waals surface area contributed by atoms with E-state index in [0.29, 0.717) is 3.58 Å². The third-order valence-electron chi connectivity index (χ3n) is 6.31. The standard InChI is InChI=1S/C31H19IN2/c32-25(20-33)19-21-9-15-27(16-10-21)34(26-7-2-1-3-8-26)29-18-14-24-12-11-22-5-4-6-23-13-17-28(29)31(24)30(22)23/h1-19H/b25-19+. The number of halogens is 1. The lowest BCUT2D eigenvalue weighted by molar-refractivity contribution is 1.30. The van der Waals surface area contributed by atoms with Crippen molar-refractivity contribution < 1.29 is 0 Å². The van der Waals surface area contributed by atoms with E-state index in [2.05, 4.69) is 137 Å². The van der Waals surface area contributed by atoms with Crippen LogP contribution < -0.4 is 4.90 Å². The summed E-state index contributed by atoms with van der Waals surface area (Å²) in [4.78, 5) is 2.31. The molecular formula is C31H19IN2. The van der Waals surface area contributed by atoms with Gasteiger partial charge in [0, 0.05) is 16.8 Å². The molecule has 3 heteroatoms. The summed E-state index contributed by atoms with van der Waals surface area (Å²) >= 11 is 2.06. The third kappa shape index (κ3) is 3.48. The van der Waals surface area contributed by atoms with Crippen LogP contribution in [0.25, 0.3) is 38.4 Å². The van der Waals surface area contributed by atoms with Crippen LogP contribution in [0, 0.1) is 11.3 Å². The van der Waals surface area contributed by atoms with Gasteiger partial charge < -0.3 is 4.90 Å². The van der Waals surface area contributed by atoms with E-state index in [1.54, 1.807) is 0 Å². The fourth-order valence-electron chi connectivity index (χ4n) is 4.82. The fourth-order valence-corrected chi connectivity index (χ4v) is 5.18. The molecule has 0 aliphatic heterocycles. The summed E-state index contributed by atoms with van der Waals surface area (Å²) in [5, 5.41) is 16.8. The number of hydrogen-bond acceptors (Lipinski definition) is 2. The van der Waals surface area contributed by atoms with E-state index < -0.39 is 0 Å². The van der Waals surface area contributed by atoms with Gasteiger partial charge in [0.25, 0.3) is 0 Å². The second-order valence-corrected chi connectivity index (χ2v) is 9.47. The maximum atomic E-state index is 9.12. The van der Waals surface area contributed by atoms with Gasteiger partial charge in [-0.1, -0.05) is 78.9 Å². The summed E-state index contributed by atoms with van der Waals surface area (Å²) < 4.78 is 0.664. The summed E-state index contributed by atoms with van der Waals surface area (Å²) in [5.41, 5.74) is 4.34. The van der Waals surface area contributed by atoms with Crippen molar-refractivity contribution >= 4 is 78.0 Å². The van der Waals surface area contributed by atoms with Crippen LogP contribution >= 0.6 is 22.6 Å². The number of hydrogen-bond donors (Lipinski definition) is 0. The molecule has 0 saturated carbocycles. The summed E-state index contributed by atoms with van der Waals surface area (Å²) in [6.07, 6.45) is 1.90. The lowest BCUT2D eigenvalue weighted by Gasteiger charge is -2.27. The van der Waals surface area contributed by atoms with Crippen LogP contribution in [0.15, 0.2) is 113 Å². The molecular weight excluding hydrogens is 527 g/mol. The Hall–Kier alpha value is -3.88. The van der Waals surface area contributed by atoms with E-state index in [4.69, 9.17) is 5.26 Å². The number of para-hydroxylation sites is 1. The molecule has 2 nitrogen and oxygen atoms in total. The van der Waals surface area contributed by atoms with Gasteiger partial charge in [-0.3, -0.25) is 0 Å². The van der Waals surface area contributed by atoms with Crippen molar-refractivity contribution in [3.05, 3.63) is 118 Å². The van der Waals surface area contributed by atoms with Gasteiger partial charge >= 0.3 is 0 Å². The van der Waals surface area contributed by atoms with Gasteiger partial charge in [0.1, 0.15) is 6.07 Å². The van der Waals surface area contributed by atoms with Crippen molar-refractivity contribution in [2.45, 2.75) is 0 Å². The van der Waals surface area contributed by atoms with Gasteiger partial charge in [-0.05, 0) is 91.5 Å². The van der Waals surface area contributed by atoms with Crippen LogP contribution in [-0.4, -0.2) is 0 Å². The highest BCUT2D eigenvalue weighted by molar-refractivity contribution is 14.1.